The number of nitrogens with zero attached hydrogens (tertiary/aromatic N) is 2. The molecule has 0 aliphatic heterocycles. The molecule has 1 aliphatic rings. The molecule has 2 aromatic rings. The molecular formula is C21H21F2N3O2. The fourth-order valence-electron chi connectivity index (χ4n) is 3.28. The molecule has 1 N–H and O–H groups in total. The molecule has 146 valence electrons. The lowest BCUT2D eigenvalue weighted by molar-refractivity contribution is -0.117. The van der Waals surface area contributed by atoms with E-state index in [2.05, 4.69) is 14.6 Å². The van der Waals surface area contributed by atoms with E-state index in [1.165, 1.54) is 6.07 Å². The van der Waals surface area contributed by atoms with Gasteiger partial charge in [0.05, 0.1) is 0 Å². The van der Waals surface area contributed by atoms with Crippen molar-refractivity contribution in [2.45, 2.75) is 45.9 Å². The summed E-state index contributed by atoms with van der Waals surface area (Å²) in [6.45, 7) is 1.01. The summed E-state index contributed by atoms with van der Waals surface area (Å²) in [7, 11) is 0. The van der Waals surface area contributed by atoms with Gasteiger partial charge in [0.25, 0.3) is 5.91 Å². The molecular weight excluding hydrogens is 364 g/mol. The number of carbonyl (C=O) groups is 1. The third-order valence-electron chi connectivity index (χ3n) is 4.73. The number of para-hydroxylation sites is 1. The average Bonchev–Trinajstić information content (AvgIpc) is 3.44. The molecule has 0 spiro atoms. The zero-order valence-corrected chi connectivity index (χ0v) is 15.7. The molecule has 0 radical (unpaired) electrons. The summed E-state index contributed by atoms with van der Waals surface area (Å²) < 4.78 is 31.7. The van der Waals surface area contributed by atoms with Crippen molar-refractivity contribution in [1.29, 1.82) is 5.26 Å². The molecule has 0 saturated heterocycles. The molecule has 0 atom stereocenters. The van der Waals surface area contributed by atoms with Crippen molar-refractivity contribution in [1.82, 2.24) is 9.88 Å². The van der Waals surface area contributed by atoms with Crippen LogP contribution in [0.4, 0.5) is 8.78 Å². The van der Waals surface area contributed by atoms with Gasteiger partial charge in [-0.1, -0.05) is 18.2 Å². The Bertz CT molecular complexity index is 953. The molecule has 1 heterocycles. The highest BCUT2D eigenvalue weighted by atomic mass is 19.3. The van der Waals surface area contributed by atoms with Gasteiger partial charge in [0.2, 0.25) is 0 Å². The summed E-state index contributed by atoms with van der Waals surface area (Å²) >= 11 is 0. The predicted octanol–water partition coefficient (Wildman–Crippen LogP) is 4.26. The van der Waals surface area contributed by atoms with E-state index in [1.54, 1.807) is 24.3 Å². The van der Waals surface area contributed by atoms with Crippen LogP contribution in [0.2, 0.25) is 0 Å². The maximum atomic E-state index is 12.5. The molecule has 1 aromatic heterocycles. The third kappa shape index (κ3) is 4.39. The van der Waals surface area contributed by atoms with Crippen molar-refractivity contribution >= 4 is 12.0 Å². The van der Waals surface area contributed by atoms with Crippen LogP contribution in [0, 0.1) is 25.2 Å². The molecule has 5 nitrogen and oxygen atoms in total. The smallest absolute Gasteiger partial charge is 0.387 e. The largest absolute Gasteiger partial charge is 0.434 e. The van der Waals surface area contributed by atoms with Gasteiger partial charge in [-0.2, -0.15) is 14.0 Å². The second-order valence-corrected chi connectivity index (χ2v) is 6.77. The quantitative estimate of drug-likeness (QED) is 0.572. The number of benzene rings is 1. The Morgan fingerprint density at radius 2 is 2.11 bits per heavy atom. The minimum absolute atomic E-state index is 0.00623. The Balaban J connectivity index is 1.74. The molecule has 0 unspecified atom stereocenters. The Labute approximate surface area is 162 Å². The monoisotopic (exact) mass is 385 g/mol. The maximum Gasteiger partial charge on any atom is 0.387 e. The molecule has 1 aromatic carbocycles. The summed E-state index contributed by atoms with van der Waals surface area (Å²) in [4.78, 5) is 12.4. The first-order valence-corrected chi connectivity index (χ1v) is 9.02. The lowest BCUT2D eigenvalue weighted by Crippen LogP contribution is -2.24. The van der Waals surface area contributed by atoms with Gasteiger partial charge < -0.3 is 14.6 Å². The number of halogens is 2. The average molecular weight is 385 g/mol. The second kappa shape index (κ2) is 8.26. The summed E-state index contributed by atoms with van der Waals surface area (Å²) in [5, 5.41) is 12.0. The highest BCUT2D eigenvalue weighted by molar-refractivity contribution is 6.01. The van der Waals surface area contributed by atoms with Crippen molar-refractivity contribution < 1.29 is 18.3 Å². The van der Waals surface area contributed by atoms with Crippen LogP contribution >= 0.6 is 0 Å². The van der Waals surface area contributed by atoms with E-state index in [1.807, 2.05) is 26.0 Å². The maximum absolute atomic E-state index is 12.5. The van der Waals surface area contributed by atoms with Gasteiger partial charge in [0.1, 0.15) is 17.4 Å². The van der Waals surface area contributed by atoms with Gasteiger partial charge in [-0.05, 0) is 50.5 Å². The highest BCUT2D eigenvalue weighted by Crippen LogP contribution is 2.38. The number of carbonyl (C=O) groups excluding carboxylic acids is 1. The van der Waals surface area contributed by atoms with E-state index in [0.717, 1.165) is 29.8 Å². The topological polar surface area (TPSA) is 67.1 Å². The summed E-state index contributed by atoms with van der Waals surface area (Å²) in [5.41, 5.74) is 3.32. The third-order valence-corrected chi connectivity index (χ3v) is 4.73. The Morgan fingerprint density at radius 3 is 2.75 bits per heavy atom. The molecule has 1 amide bonds. The normalized spacial score (nSPS) is 14.1. The zero-order valence-electron chi connectivity index (χ0n) is 15.7. The van der Waals surface area contributed by atoms with E-state index >= 15 is 0 Å². The molecule has 1 fully saturated rings. The van der Waals surface area contributed by atoms with Crippen LogP contribution in [0.5, 0.6) is 5.75 Å². The van der Waals surface area contributed by atoms with E-state index in [-0.39, 0.29) is 17.9 Å². The SMILES string of the molecule is Cc1cc(/C=C(\C#N)C(=O)NCc2ccccc2OC(F)F)c(C)n1C1CC1. The highest BCUT2D eigenvalue weighted by Gasteiger charge is 2.26. The number of hydrogen-bond donors (Lipinski definition) is 1. The number of nitriles is 1. The van der Waals surface area contributed by atoms with Gasteiger partial charge in [0.15, 0.2) is 0 Å². The van der Waals surface area contributed by atoms with Crippen LogP contribution in [-0.2, 0) is 11.3 Å². The molecule has 1 saturated carbocycles. The Morgan fingerprint density at radius 1 is 1.39 bits per heavy atom. The first-order valence-electron chi connectivity index (χ1n) is 9.02. The predicted molar refractivity (Wildman–Crippen MR) is 101 cm³/mol. The second-order valence-electron chi connectivity index (χ2n) is 6.77. The summed E-state index contributed by atoms with van der Waals surface area (Å²) in [6, 6.07) is 10.6. The fourth-order valence-corrected chi connectivity index (χ4v) is 3.28. The number of nitrogens with one attached hydrogen (secondary N) is 1. The molecule has 0 bridgehead atoms. The van der Waals surface area contributed by atoms with Gasteiger partial charge in [-0.25, -0.2) is 0 Å². The fraction of sp³-hybridized carbons (Fsp3) is 0.333. The molecule has 7 heteroatoms. The van der Waals surface area contributed by atoms with Crippen LogP contribution in [0.3, 0.4) is 0 Å². The summed E-state index contributed by atoms with van der Waals surface area (Å²) in [5.74, 6) is -0.571. The molecule has 1 aliphatic carbocycles. The van der Waals surface area contributed by atoms with Gasteiger partial charge in [-0.15, -0.1) is 0 Å². The van der Waals surface area contributed by atoms with Gasteiger partial charge in [-0.3, -0.25) is 4.79 Å². The van der Waals surface area contributed by atoms with Crippen molar-refractivity contribution in [2.24, 2.45) is 0 Å². The minimum Gasteiger partial charge on any atom is -0.434 e. The van der Waals surface area contributed by atoms with Crippen LogP contribution in [0.25, 0.3) is 6.08 Å². The van der Waals surface area contributed by atoms with Crippen LogP contribution in [0.15, 0.2) is 35.9 Å². The number of ether oxygens (including phenoxy) is 1. The van der Waals surface area contributed by atoms with E-state index in [4.69, 9.17) is 0 Å². The number of alkyl halides is 2. The Hall–Kier alpha value is -3.14. The van der Waals surface area contributed by atoms with E-state index in [9.17, 15) is 18.8 Å². The van der Waals surface area contributed by atoms with E-state index < -0.39 is 12.5 Å². The lowest BCUT2D eigenvalue weighted by atomic mass is 10.1. The zero-order chi connectivity index (χ0) is 20.3. The van der Waals surface area contributed by atoms with Crippen molar-refractivity contribution in [3.05, 3.63) is 58.4 Å². The first-order chi connectivity index (χ1) is 13.4. The number of hydrogen-bond acceptors (Lipinski definition) is 3. The number of amides is 1. The van der Waals surface area contributed by atoms with Crippen LogP contribution < -0.4 is 10.1 Å². The summed E-state index contributed by atoms with van der Waals surface area (Å²) in [6.07, 6.45) is 3.86. The van der Waals surface area contributed by atoms with Crippen molar-refractivity contribution in [3.63, 3.8) is 0 Å². The van der Waals surface area contributed by atoms with Gasteiger partial charge >= 0.3 is 6.61 Å². The minimum atomic E-state index is -2.95. The molecule has 28 heavy (non-hydrogen) atoms. The first kappa shape index (κ1) is 19.6. The van der Waals surface area contributed by atoms with Crippen molar-refractivity contribution in [3.8, 4) is 11.8 Å². The van der Waals surface area contributed by atoms with E-state index in [0.29, 0.717) is 11.6 Å². The lowest BCUT2D eigenvalue weighted by Gasteiger charge is -2.11. The number of rotatable bonds is 7. The number of aromatic nitrogens is 1. The van der Waals surface area contributed by atoms with Crippen molar-refractivity contribution in [2.75, 3.05) is 0 Å². The van der Waals surface area contributed by atoms with Gasteiger partial charge in [0, 0.05) is 29.5 Å². The number of aryl methyl sites for hydroxylation is 1. The Kier molecular flexibility index (Phi) is 5.78. The van der Waals surface area contributed by atoms with Crippen LogP contribution in [0.1, 0.15) is 41.4 Å². The van der Waals surface area contributed by atoms with Crippen LogP contribution in [-0.4, -0.2) is 17.1 Å². The standard InChI is InChI=1S/C21H21F2N3O2/c1-13-9-16(14(2)26(13)18-7-8-18)10-17(11-24)20(27)25-12-15-5-3-4-6-19(15)28-21(22)23/h3-6,9-10,18,21H,7-8,12H2,1-2H3,(H,25,27)/b17-10+. The molecule has 3 rings (SSSR count).